The predicted molar refractivity (Wildman–Crippen MR) is 101 cm³/mol. The molecule has 0 saturated heterocycles. The number of carbonyl (C=O) groups is 2. The molecular weight excluding hydrogens is 352 g/mol. The number of hydrogen-bond donors (Lipinski definition) is 3. The number of nitrogen functional groups attached to an aromatic ring is 1. The maximum Gasteiger partial charge on any atom is 0.337 e. The van der Waals surface area contributed by atoms with Crippen molar-refractivity contribution < 1.29 is 28.9 Å². The van der Waals surface area contributed by atoms with E-state index in [0.717, 1.165) is 0 Å². The van der Waals surface area contributed by atoms with Crippen LogP contribution in [0.25, 0.3) is 0 Å². The van der Waals surface area contributed by atoms with Crippen molar-refractivity contribution in [2.45, 2.75) is 12.8 Å². The van der Waals surface area contributed by atoms with Crippen LogP contribution < -0.4 is 25.3 Å². The normalized spacial score (nSPS) is 10.1. The van der Waals surface area contributed by atoms with Crippen molar-refractivity contribution in [1.29, 1.82) is 0 Å². The van der Waals surface area contributed by atoms with Crippen LogP contribution in [0.2, 0.25) is 0 Å². The number of nitrogens with one attached hydrogen (secondary N) is 1. The van der Waals surface area contributed by atoms with E-state index < -0.39 is 5.97 Å². The van der Waals surface area contributed by atoms with Gasteiger partial charge in [0.1, 0.15) is 5.75 Å². The Hall–Kier alpha value is -3.42. The van der Waals surface area contributed by atoms with Crippen LogP contribution in [0.4, 0.5) is 11.4 Å². The fourth-order valence-electron chi connectivity index (χ4n) is 2.40. The lowest BCUT2D eigenvalue weighted by molar-refractivity contribution is -0.116. The summed E-state index contributed by atoms with van der Waals surface area (Å²) in [7, 11) is 2.83. The van der Waals surface area contributed by atoms with E-state index in [1.54, 1.807) is 18.2 Å². The second-order valence-corrected chi connectivity index (χ2v) is 5.60. The molecule has 2 aromatic rings. The monoisotopic (exact) mass is 374 g/mol. The lowest BCUT2D eigenvalue weighted by atomic mass is 10.1. The Kier molecular flexibility index (Phi) is 6.87. The molecule has 0 aliphatic rings. The Bertz CT molecular complexity index is 822. The van der Waals surface area contributed by atoms with Gasteiger partial charge in [0.25, 0.3) is 0 Å². The van der Waals surface area contributed by atoms with Crippen molar-refractivity contribution in [3.8, 4) is 17.2 Å². The molecule has 27 heavy (non-hydrogen) atoms. The van der Waals surface area contributed by atoms with Crippen LogP contribution in [0, 0.1) is 0 Å². The Morgan fingerprint density at radius 3 is 2.37 bits per heavy atom. The number of para-hydroxylation sites is 2. The third-order valence-electron chi connectivity index (χ3n) is 3.75. The Balaban J connectivity index is 1.96. The molecule has 1 amide bonds. The van der Waals surface area contributed by atoms with Gasteiger partial charge in [0, 0.05) is 18.6 Å². The van der Waals surface area contributed by atoms with Gasteiger partial charge < -0.3 is 30.4 Å². The summed E-state index contributed by atoms with van der Waals surface area (Å²) >= 11 is 0. The Morgan fingerprint density at radius 1 is 1.07 bits per heavy atom. The van der Waals surface area contributed by atoms with Gasteiger partial charge >= 0.3 is 5.97 Å². The average Bonchev–Trinajstić information content (AvgIpc) is 2.65. The molecule has 0 bridgehead atoms. The number of nitrogens with two attached hydrogens (primary N) is 1. The van der Waals surface area contributed by atoms with Crippen LogP contribution in [-0.2, 0) is 4.79 Å². The number of aromatic carboxylic acids is 1. The molecule has 0 heterocycles. The summed E-state index contributed by atoms with van der Waals surface area (Å²) in [6, 6.07) is 9.81. The van der Waals surface area contributed by atoms with Gasteiger partial charge in [-0.25, -0.2) is 4.79 Å². The van der Waals surface area contributed by atoms with Gasteiger partial charge in [0.2, 0.25) is 5.91 Å². The molecule has 0 atom stereocenters. The van der Waals surface area contributed by atoms with Gasteiger partial charge in [-0.3, -0.25) is 4.79 Å². The second kappa shape index (κ2) is 9.33. The summed E-state index contributed by atoms with van der Waals surface area (Å²) in [5.41, 5.74) is 6.35. The zero-order valence-corrected chi connectivity index (χ0v) is 15.2. The van der Waals surface area contributed by atoms with Crippen molar-refractivity contribution in [2.24, 2.45) is 0 Å². The number of anilines is 2. The minimum absolute atomic E-state index is 0.0886. The third-order valence-corrected chi connectivity index (χ3v) is 3.75. The molecule has 8 nitrogen and oxygen atoms in total. The minimum atomic E-state index is -1.19. The molecule has 144 valence electrons. The van der Waals surface area contributed by atoms with Gasteiger partial charge in [-0.1, -0.05) is 12.1 Å². The zero-order valence-electron chi connectivity index (χ0n) is 15.2. The average molecular weight is 374 g/mol. The van der Waals surface area contributed by atoms with Crippen LogP contribution in [0.5, 0.6) is 17.2 Å². The molecule has 0 aromatic heterocycles. The number of rotatable bonds is 9. The maximum absolute atomic E-state index is 12.2. The lowest BCUT2D eigenvalue weighted by Gasteiger charge is -2.14. The molecule has 2 aromatic carbocycles. The minimum Gasteiger partial charge on any atom is -0.493 e. The number of carboxylic acids is 1. The van der Waals surface area contributed by atoms with Gasteiger partial charge in [-0.2, -0.15) is 0 Å². The van der Waals surface area contributed by atoms with Crippen molar-refractivity contribution in [3.63, 3.8) is 0 Å². The Morgan fingerprint density at radius 2 is 1.74 bits per heavy atom. The van der Waals surface area contributed by atoms with E-state index in [4.69, 9.17) is 19.9 Å². The van der Waals surface area contributed by atoms with E-state index in [0.29, 0.717) is 30.2 Å². The number of methoxy groups -OCH3 is 2. The Labute approximate surface area is 156 Å². The van der Waals surface area contributed by atoms with Crippen LogP contribution in [-0.4, -0.2) is 37.8 Å². The first-order chi connectivity index (χ1) is 13.0. The summed E-state index contributed by atoms with van der Waals surface area (Å²) in [6.45, 7) is 0.305. The van der Waals surface area contributed by atoms with E-state index >= 15 is 0 Å². The number of ether oxygens (including phenoxy) is 3. The maximum atomic E-state index is 12.2. The molecule has 0 spiro atoms. The molecule has 0 unspecified atom stereocenters. The number of carboxylic acid groups (broad SMARTS) is 1. The summed E-state index contributed by atoms with van der Waals surface area (Å²) in [6.07, 6.45) is 0.593. The summed E-state index contributed by atoms with van der Waals surface area (Å²) < 4.78 is 15.8. The number of hydrogen-bond acceptors (Lipinski definition) is 6. The lowest BCUT2D eigenvalue weighted by Crippen LogP contribution is -2.16. The first-order valence-electron chi connectivity index (χ1n) is 8.22. The third kappa shape index (κ3) is 5.27. The van der Waals surface area contributed by atoms with E-state index in [9.17, 15) is 14.7 Å². The quantitative estimate of drug-likeness (QED) is 0.456. The molecule has 8 heteroatoms. The molecule has 0 aliphatic carbocycles. The van der Waals surface area contributed by atoms with Crippen LogP contribution in [0.1, 0.15) is 23.2 Å². The SMILES string of the molecule is COc1cc(NC(=O)CCCOc2ccccc2N)c(C(=O)O)cc1OC. The van der Waals surface area contributed by atoms with Crippen molar-refractivity contribution in [2.75, 3.05) is 31.9 Å². The number of carbonyl (C=O) groups excluding carboxylic acids is 1. The topological polar surface area (TPSA) is 120 Å². The molecular formula is C19H22N2O6. The van der Waals surface area contributed by atoms with Crippen molar-refractivity contribution >= 4 is 23.3 Å². The first-order valence-corrected chi connectivity index (χ1v) is 8.22. The van der Waals surface area contributed by atoms with Crippen LogP contribution in [0.15, 0.2) is 36.4 Å². The fourth-order valence-corrected chi connectivity index (χ4v) is 2.40. The van der Waals surface area contributed by atoms with E-state index in [1.807, 2.05) is 6.07 Å². The van der Waals surface area contributed by atoms with Gasteiger partial charge in [-0.05, 0) is 18.6 Å². The highest BCUT2D eigenvalue weighted by atomic mass is 16.5. The van der Waals surface area contributed by atoms with Crippen LogP contribution >= 0.6 is 0 Å². The van der Waals surface area contributed by atoms with E-state index in [2.05, 4.69) is 5.32 Å². The smallest absolute Gasteiger partial charge is 0.337 e. The number of benzene rings is 2. The highest BCUT2D eigenvalue weighted by molar-refractivity contribution is 6.01. The predicted octanol–water partition coefficient (Wildman–Crippen LogP) is 2.78. The standard InChI is InChI=1S/C19H22N2O6/c1-25-16-10-12(19(23)24)14(11-17(16)26-2)21-18(22)8-5-9-27-15-7-4-3-6-13(15)20/h3-4,6-7,10-11H,5,8-9,20H2,1-2H3,(H,21,22)(H,23,24). The molecule has 4 N–H and O–H groups in total. The van der Waals surface area contributed by atoms with Gasteiger partial charge in [0.15, 0.2) is 11.5 Å². The van der Waals surface area contributed by atoms with E-state index in [1.165, 1.54) is 26.4 Å². The molecule has 0 radical (unpaired) electrons. The van der Waals surface area contributed by atoms with Crippen molar-refractivity contribution in [3.05, 3.63) is 42.0 Å². The fraction of sp³-hybridized carbons (Fsp3) is 0.263. The summed E-state index contributed by atoms with van der Waals surface area (Å²) in [5, 5.41) is 11.9. The highest BCUT2D eigenvalue weighted by Gasteiger charge is 2.17. The van der Waals surface area contributed by atoms with Gasteiger partial charge in [0.05, 0.1) is 37.8 Å². The molecule has 0 fully saturated rings. The number of amides is 1. The zero-order chi connectivity index (χ0) is 19.8. The van der Waals surface area contributed by atoms with Gasteiger partial charge in [-0.15, -0.1) is 0 Å². The highest BCUT2D eigenvalue weighted by Crippen LogP contribution is 2.33. The summed E-state index contributed by atoms with van der Waals surface area (Å²) in [4.78, 5) is 23.6. The molecule has 2 rings (SSSR count). The molecule has 0 aliphatic heterocycles. The molecule has 0 saturated carbocycles. The largest absolute Gasteiger partial charge is 0.493 e. The van der Waals surface area contributed by atoms with E-state index in [-0.39, 0.29) is 29.3 Å². The van der Waals surface area contributed by atoms with Crippen LogP contribution in [0.3, 0.4) is 0 Å². The summed E-state index contributed by atoms with van der Waals surface area (Å²) in [5.74, 6) is -0.378. The van der Waals surface area contributed by atoms with Crippen molar-refractivity contribution in [1.82, 2.24) is 0 Å². The first kappa shape index (κ1) is 19.9. The second-order valence-electron chi connectivity index (χ2n) is 5.60.